The summed E-state index contributed by atoms with van der Waals surface area (Å²) in [6, 6.07) is 5.76. The van der Waals surface area contributed by atoms with Crippen molar-refractivity contribution in [2.24, 2.45) is 0 Å². The first-order valence-corrected chi connectivity index (χ1v) is 4.21. The second-order valence-electron chi connectivity index (χ2n) is 2.19. The molecule has 0 heterocycles. The summed E-state index contributed by atoms with van der Waals surface area (Å²) in [6.45, 7) is 5.38. The SMILES string of the molecule is CC.CC(=O)Nc1cccc(F)c1. The molecule has 0 saturated carbocycles. The Morgan fingerprint density at radius 2 is 2.00 bits per heavy atom. The van der Waals surface area contributed by atoms with Crippen molar-refractivity contribution >= 4 is 11.6 Å². The van der Waals surface area contributed by atoms with Crippen LogP contribution in [0.5, 0.6) is 0 Å². The van der Waals surface area contributed by atoms with E-state index in [0.29, 0.717) is 5.69 Å². The van der Waals surface area contributed by atoms with Crippen LogP contribution in [0.2, 0.25) is 0 Å². The molecule has 1 aromatic carbocycles. The molecule has 13 heavy (non-hydrogen) atoms. The zero-order valence-electron chi connectivity index (χ0n) is 8.10. The largest absolute Gasteiger partial charge is 0.326 e. The summed E-state index contributed by atoms with van der Waals surface area (Å²) in [5, 5.41) is 2.47. The lowest BCUT2D eigenvalue weighted by Gasteiger charge is -1.99. The molecule has 0 bridgehead atoms. The van der Waals surface area contributed by atoms with Gasteiger partial charge in [-0.2, -0.15) is 0 Å². The van der Waals surface area contributed by atoms with Gasteiger partial charge < -0.3 is 5.32 Å². The summed E-state index contributed by atoms with van der Waals surface area (Å²) >= 11 is 0. The molecule has 0 radical (unpaired) electrons. The number of carbonyl (C=O) groups excluding carboxylic acids is 1. The van der Waals surface area contributed by atoms with E-state index in [1.165, 1.54) is 19.1 Å². The molecule has 2 nitrogen and oxygen atoms in total. The lowest BCUT2D eigenvalue weighted by molar-refractivity contribution is -0.114. The van der Waals surface area contributed by atoms with Crippen LogP contribution in [0, 0.1) is 5.82 Å². The van der Waals surface area contributed by atoms with Crippen molar-refractivity contribution in [1.29, 1.82) is 0 Å². The summed E-state index contributed by atoms with van der Waals surface area (Å²) in [4.78, 5) is 10.5. The van der Waals surface area contributed by atoms with Gasteiger partial charge in [-0.3, -0.25) is 4.79 Å². The van der Waals surface area contributed by atoms with E-state index in [0.717, 1.165) is 0 Å². The zero-order chi connectivity index (χ0) is 10.3. The van der Waals surface area contributed by atoms with Crippen molar-refractivity contribution in [3.05, 3.63) is 30.1 Å². The molecule has 0 spiro atoms. The van der Waals surface area contributed by atoms with Gasteiger partial charge in [0.2, 0.25) is 5.91 Å². The van der Waals surface area contributed by atoms with E-state index < -0.39 is 0 Å². The fourth-order valence-electron chi connectivity index (χ4n) is 0.769. The third-order valence-electron chi connectivity index (χ3n) is 1.14. The van der Waals surface area contributed by atoms with Gasteiger partial charge in [-0.1, -0.05) is 19.9 Å². The van der Waals surface area contributed by atoms with Gasteiger partial charge >= 0.3 is 0 Å². The van der Waals surface area contributed by atoms with Gasteiger partial charge in [0.1, 0.15) is 5.82 Å². The van der Waals surface area contributed by atoms with Crippen molar-refractivity contribution < 1.29 is 9.18 Å². The Hall–Kier alpha value is -1.38. The minimum Gasteiger partial charge on any atom is -0.326 e. The molecule has 0 unspecified atom stereocenters. The van der Waals surface area contributed by atoms with Gasteiger partial charge in [-0.05, 0) is 18.2 Å². The maximum absolute atomic E-state index is 12.5. The highest BCUT2D eigenvalue weighted by Gasteiger charge is 1.95. The standard InChI is InChI=1S/C8H8FNO.C2H6/c1-6(11)10-8-4-2-3-7(9)5-8;1-2/h2-5H,1H3,(H,10,11);1-2H3. The molecule has 0 aliphatic heterocycles. The Bertz CT molecular complexity index is 273. The summed E-state index contributed by atoms with van der Waals surface area (Å²) < 4.78 is 12.5. The van der Waals surface area contributed by atoms with Crippen LogP contribution in [0.1, 0.15) is 20.8 Å². The van der Waals surface area contributed by atoms with E-state index in [1.807, 2.05) is 13.8 Å². The van der Waals surface area contributed by atoms with Gasteiger partial charge in [-0.25, -0.2) is 4.39 Å². The van der Waals surface area contributed by atoms with E-state index in [-0.39, 0.29) is 11.7 Å². The number of nitrogens with one attached hydrogen (secondary N) is 1. The predicted molar refractivity (Wildman–Crippen MR) is 52.1 cm³/mol. The topological polar surface area (TPSA) is 29.1 Å². The van der Waals surface area contributed by atoms with Crippen LogP contribution in [0.4, 0.5) is 10.1 Å². The average molecular weight is 183 g/mol. The maximum atomic E-state index is 12.5. The number of amides is 1. The van der Waals surface area contributed by atoms with Gasteiger partial charge in [0.05, 0.1) is 0 Å². The third kappa shape index (κ3) is 4.95. The van der Waals surface area contributed by atoms with Crippen LogP contribution in [-0.2, 0) is 4.79 Å². The lowest BCUT2D eigenvalue weighted by atomic mass is 10.3. The Kier molecular flexibility index (Phi) is 5.52. The molecule has 1 rings (SSSR count). The molecule has 1 amide bonds. The van der Waals surface area contributed by atoms with Crippen LogP contribution in [-0.4, -0.2) is 5.91 Å². The highest BCUT2D eigenvalue weighted by atomic mass is 19.1. The number of rotatable bonds is 1. The minimum absolute atomic E-state index is 0.199. The molecule has 1 N–H and O–H groups in total. The Morgan fingerprint density at radius 3 is 2.46 bits per heavy atom. The molecule has 0 saturated heterocycles. The monoisotopic (exact) mass is 183 g/mol. The van der Waals surface area contributed by atoms with Crippen LogP contribution in [0.15, 0.2) is 24.3 Å². The fraction of sp³-hybridized carbons (Fsp3) is 0.300. The molecular weight excluding hydrogens is 169 g/mol. The quantitative estimate of drug-likeness (QED) is 0.712. The normalized spacial score (nSPS) is 8.31. The highest BCUT2D eigenvalue weighted by molar-refractivity contribution is 5.88. The summed E-state index contributed by atoms with van der Waals surface area (Å²) in [5.41, 5.74) is 0.484. The zero-order valence-corrected chi connectivity index (χ0v) is 8.10. The predicted octanol–water partition coefficient (Wildman–Crippen LogP) is 2.81. The van der Waals surface area contributed by atoms with Crippen LogP contribution < -0.4 is 5.32 Å². The minimum atomic E-state index is -0.351. The molecule has 0 atom stereocenters. The number of hydrogen-bond donors (Lipinski definition) is 1. The average Bonchev–Trinajstić information content (AvgIpc) is 2.06. The molecule has 0 aliphatic carbocycles. The Morgan fingerprint density at radius 1 is 1.38 bits per heavy atom. The van der Waals surface area contributed by atoms with Crippen LogP contribution in [0.25, 0.3) is 0 Å². The number of halogens is 1. The molecule has 72 valence electrons. The van der Waals surface area contributed by atoms with Crippen molar-refractivity contribution in [3.63, 3.8) is 0 Å². The first-order chi connectivity index (χ1) is 6.18. The van der Waals surface area contributed by atoms with E-state index in [9.17, 15) is 9.18 Å². The summed E-state index contributed by atoms with van der Waals surface area (Å²) in [5.74, 6) is -0.549. The van der Waals surface area contributed by atoms with E-state index in [4.69, 9.17) is 0 Å². The van der Waals surface area contributed by atoms with Crippen molar-refractivity contribution in [1.82, 2.24) is 0 Å². The first-order valence-electron chi connectivity index (χ1n) is 4.21. The molecule has 3 heteroatoms. The number of anilines is 1. The van der Waals surface area contributed by atoms with Gasteiger partial charge in [0.25, 0.3) is 0 Å². The molecule has 0 aromatic heterocycles. The van der Waals surface area contributed by atoms with E-state index in [2.05, 4.69) is 5.32 Å². The second-order valence-corrected chi connectivity index (χ2v) is 2.19. The number of carbonyl (C=O) groups is 1. The van der Waals surface area contributed by atoms with Crippen molar-refractivity contribution in [3.8, 4) is 0 Å². The maximum Gasteiger partial charge on any atom is 0.221 e. The van der Waals surface area contributed by atoms with Gasteiger partial charge in [-0.15, -0.1) is 0 Å². The summed E-state index contributed by atoms with van der Waals surface area (Å²) in [7, 11) is 0. The Balaban J connectivity index is 0.000000671. The summed E-state index contributed by atoms with van der Waals surface area (Å²) in [6.07, 6.45) is 0. The van der Waals surface area contributed by atoms with Gasteiger partial charge in [0.15, 0.2) is 0 Å². The highest BCUT2D eigenvalue weighted by Crippen LogP contribution is 2.08. The first kappa shape index (κ1) is 11.6. The van der Waals surface area contributed by atoms with E-state index >= 15 is 0 Å². The van der Waals surface area contributed by atoms with Crippen LogP contribution in [0.3, 0.4) is 0 Å². The number of benzene rings is 1. The molecule has 0 fully saturated rings. The smallest absolute Gasteiger partial charge is 0.221 e. The fourth-order valence-corrected chi connectivity index (χ4v) is 0.769. The van der Waals surface area contributed by atoms with Crippen molar-refractivity contribution in [2.75, 3.05) is 5.32 Å². The molecule has 0 aliphatic rings. The molecular formula is C10H14FNO. The van der Waals surface area contributed by atoms with Crippen molar-refractivity contribution in [2.45, 2.75) is 20.8 Å². The number of hydrogen-bond acceptors (Lipinski definition) is 1. The van der Waals surface area contributed by atoms with Crippen LogP contribution >= 0.6 is 0 Å². The van der Waals surface area contributed by atoms with Gasteiger partial charge in [0, 0.05) is 12.6 Å². The Labute approximate surface area is 77.8 Å². The second kappa shape index (κ2) is 6.17. The third-order valence-corrected chi connectivity index (χ3v) is 1.14. The van der Waals surface area contributed by atoms with E-state index in [1.54, 1.807) is 12.1 Å². The lowest BCUT2D eigenvalue weighted by Crippen LogP contribution is -2.05. The molecule has 1 aromatic rings.